The zero-order chi connectivity index (χ0) is 12.5. The molecule has 2 aromatic rings. The molecule has 3 rings (SSSR count). The third kappa shape index (κ3) is 1.90. The van der Waals surface area contributed by atoms with E-state index in [4.69, 9.17) is 10.7 Å². The zero-order valence-corrected chi connectivity index (χ0v) is 10.8. The molecule has 3 heteroatoms. The van der Waals surface area contributed by atoms with Crippen LogP contribution >= 0.6 is 0 Å². The Morgan fingerprint density at radius 1 is 1.28 bits per heavy atom. The highest BCUT2D eigenvalue weighted by Crippen LogP contribution is 2.41. The second-order valence-corrected chi connectivity index (χ2v) is 4.98. The number of nitrogen functional groups attached to an aromatic ring is 1. The van der Waals surface area contributed by atoms with Crippen molar-refractivity contribution >= 4 is 5.82 Å². The Kier molecular flexibility index (Phi) is 2.82. The summed E-state index contributed by atoms with van der Waals surface area (Å²) in [7, 11) is 0. The first kappa shape index (κ1) is 11.3. The van der Waals surface area contributed by atoms with Crippen molar-refractivity contribution in [3.05, 3.63) is 36.0 Å². The van der Waals surface area contributed by atoms with E-state index in [1.54, 1.807) is 0 Å². The standard InChI is InChI=1S/C15H19N3/c1-2-6-13-14(16)18(12-9-10-12)15(17-13)11-7-4-3-5-8-11/h3-5,7-8,12H,2,6,9-10,16H2,1H3. The van der Waals surface area contributed by atoms with Crippen LogP contribution in [0.4, 0.5) is 5.82 Å². The minimum absolute atomic E-state index is 0.568. The number of imidazole rings is 1. The van der Waals surface area contributed by atoms with Crippen molar-refractivity contribution < 1.29 is 0 Å². The first-order chi connectivity index (χ1) is 8.81. The molecule has 0 saturated heterocycles. The summed E-state index contributed by atoms with van der Waals surface area (Å²) in [5.74, 6) is 1.91. The molecule has 0 spiro atoms. The second-order valence-electron chi connectivity index (χ2n) is 4.98. The number of nitrogens with two attached hydrogens (primary N) is 1. The van der Waals surface area contributed by atoms with Crippen molar-refractivity contribution in [1.82, 2.24) is 9.55 Å². The molecule has 3 nitrogen and oxygen atoms in total. The van der Waals surface area contributed by atoms with Crippen LogP contribution in [-0.4, -0.2) is 9.55 Å². The maximum absolute atomic E-state index is 6.27. The molecule has 1 aliphatic rings. The predicted molar refractivity (Wildman–Crippen MR) is 74.3 cm³/mol. The van der Waals surface area contributed by atoms with Crippen molar-refractivity contribution in [2.45, 2.75) is 38.6 Å². The van der Waals surface area contributed by atoms with E-state index in [0.29, 0.717) is 6.04 Å². The van der Waals surface area contributed by atoms with E-state index in [9.17, 15) is 0 Å². The van der Waals surface area contributed by atoms with Gasteiger partial charge in [0.25, 0.3) is 0 Å². The molecule has 1 saturated carbocycles. The SMILES string of the molecule is CCCc1nc(-c2ccccc2)n(C2CC2)c1N. The van der Waals surface area contributed by atoms with Gasteiger partial charge in [-0.15, -0.1) is 0 Å². The highest BCUT2D eigenvalue weighted by Gasteiger charge is 2.29. The van der Waals surface area contributed by atoms with Gasteiger partial charge in [-0.25, -0.2) is 4.98 Å². The highest BCUT2D eigenvalue weighted by atomic mass is 15.2. The van der Waals surface area contributed by atoms with Gasteiger partial charge in [0.2, 0.25) is 0 Å². The van der Waals surface area contributed by atoms with E-state index in [-0.39, 0.29) is 0 Å². The zero-order valence-electron chi connectivity index (χ0n) is 10.8. The summed E-state index contributed by atoms with van der Waals surface area (Å²) in [6, 6.07) is 10.9. The van der Waals surface area contributed by atoms with E-state index in [1.807, 2.05) is 6.07 Å². The summed E-state index contributed by atoms with van der Waals surface area (Å²) in [5, 5.41) is 0. The van der Waals surface area contributed by atoms with Crippen LogP contribution in [0.15, 0.2) is 30.3 Å². The van der Waals surface area contributed by atoms with Gasteiger partial charge in [-0.1, -0.05) is 43.7 Å². The Morgan fingerprint density at radius 2 is 2.00 bits per heavy atom. The lowest BCUT2D eigenvalue weighted by molar-refractivity contribution is 0.758. The molecule has 0 amide bonds. The van der Waals surface area contributed by atoms with Gasteiger partial charge in [0.1, 0.15) is 11.6 Å². The molecule has 0 unspecified atom stereocenters. The van der Waals surface area contributed by atoms with Crippen molar-refractivity contribution in [3.8, 4) is 11.4 Å². The smallest absolute Gasteiger partial charge is 0.142 e. The highest BCUT2D eigenvalue weighted by molar-refractivity contribution is 5.61. The molecule has 1 heterocycles. The van der Waals surface area contributed by atoms with E-state index >= 15 is 0 Å². The lowest BCUT2D eigenvalue weighted by atomic mass is 10.2. The maximum Gasteiger partial charge on any atom is 0.142 e. The fraction of sp³-hybridized carbons (Fsp3) is 0.400. The molecular weight excluding hydrogens is 222 g/mol. The summed E-state index contributed by atoms with van der Waals surface area (Å²) in [4.78, 5) is 4.77. The Hall–Kier alpha value is -1.77. The molecule has 2 N–H and O–H groups in total. The Bertz CT molecular complexity index is 538. The molecule has 0 bridgehead atoms. The van der Waals surface area contributed by atoms with Crippen LogP contribution < -0.4 is 5.73 Å². The number of anilines is 1. The summed E-state index contributed by atoms with van der Waals surface area (Å²) in [6.45, 7) is 2.16. The molecule has 94 valence electrons. The summed E-state index contributed by atoms with van der Waals surface area (Å²) >= 11 is 0. The fourth-order valence-electron chi connectivity index (χ4n) is 2.41. The quantitative estimate of drug-likeness (QED) is 0.891. The molecule has 0 radical (unpaired) electrons. The number of benzene rings is 1. The van der Waals surface area contributed by atoms with Crippen LogP contribution in [0.2, 0.25) is 0 Å². The minimum atomic E-state index is 0.568. The molecule has 1 aromatic carbocycles. The predicted octanol–water partition coefficient (Wildman–Crippen LogP) is 3.42. The van der Waals surface area contributed by atoms with Crippen LogP contribution in [0.3, 0.4) is 0 Å². The average Bonchev–Trinajstić information content (AvgIpc) is 3.18. The van der Waals surface area contributed by atoms with Gasteiger partial charge in [0, 0.05) is 11.6 Å². The Morgan fingerprint density at radius 3 is 2.61 bits per heavy atom. The lowest BCUT2D eigenvalue weighted by Gasteiger charge is -2.08. The third-order valence-electron chi connectivity index (χ3n) is 3.46. The molecule has 0 atom stereocenters. The van der Waals surface area contributed by atoms with E-state index in [0.717, 1.165) is 30.2 Å². The van der Waals surface area contributed by atoms with E-state index < -0.39 is 0 Å². The largest absolute Gasteiger partial charge is 0.384 e. The molecule has 1 fully saturated rings. The molecule has 1 aromatic heterocycles. The lowest BCUT2D eigenvalue weighted by Crippen LogP contribution is -2.03. The fourth-order valence-corrected chi connectivity index (χ4v) is 2.41. The van der Waals surface area contributed by atoms with E-state index in [2.05, 4.69) is 35.8 Å². The Balaban J connectivity index is 2.10. The topological polar surface area (TPSA) is 43.8 Å². The first-order valence-electron chi connectivity index (χ1n) is 6.73. The van der Waals surface area contributed by atoms with E-state index in [1.165, 1.54) is 18.4 Å². The van der Waals surface area contributed by atoms with Crippen LogP contribution in [0.5, 0.6) is 0 Å². The summed E-state index contributed by atoms with van der Waals surface area (Å²) < 4.78 is 2.24. The third-order valence-corrected chi connectivity index (χ3v) is 3.46. The number of rotatable bonds is 4. The van der Waals surface area contributed by atoms with Crippen LogP contribution in [0, 0.1) is 0 Å². The van der Waals surface area contributed by atoms with Crippen molar-refractivity contribution in [1.29, 1.82) is 0 Å². The minimum Gasteiger partial charge on any atom is -0.384 e. The van der Waals surface area contributed by atoms with Gasteiger partial charge in [-0.3, -0.25) is 0 Å². The van der Waals surface area contributed by atoms with Crippen LogP contribution in [0.25, 0.3) is 11.4 Å². The maximum atomic E-state index is 6.27. The molecule has 0 aliphatic heterocycles. The molecular formula is C15H19N3. The van der Waals surface area contributed by atoms with Gasteiger partial charge in [0.15, 0.2) is 0 Å². The monoisotopic (exact) mass is 241 g/mol. The van der Waals surface area contributed by atoms with Gasteiger partial charge in [0.05, 0.1) is 5.69 Å². The summed E-state index contributed by atoms with van der Waals surface area (Å²) in [6.07, 6.45) is 4.50. The molecule has 18 heavy (non-hydrogen) atoms. The van der Waals surface area contributed by atoms with Gasteiger partial charge in [-0.05, 0) is 19.3 Å². The second kappa shape index (κ2) is 4.48. The number of nitrogens with zero attached hydrogens (tertiary/aromatic N) is 2. The number of hydrogen-bond donors (Lipinski definition) is 1. The first-order valence-corrected chi connectivity index (χ1v) is 6.73. The van der Waals surface area contributed by atoms with Gasteiger partial charge in [-0.2, -0.15) is 0 Å². The van der Waals surface area contributed by atoms with Gasteiger partial charge < -0.3 is 10.3 Å². The average molecular weight is 241 g/mol. The number of aromatic nitrogens is 2. The van der Waals surface area contributed by atoms with Gasteiger partial charge >= 0.3 is 0 Å². The van der Waals surface area contributed by atoms with Crippen molar-refractivity contribution in [2.75, 3.05) is 5.73 Å². The van der Waals surface area contributed by atoms with Crippen molar-refractivity contribution in [2.24, 2.45) is 0 Å². The Labute approximate surface area is 108 Å². The molecule has 1 aliphatic carbocycles. The van der Waals surface area contributed by atoms with Crippen molar-refractivity contribution in [3.63, 3.8) is 0 Å². The van der Waals surface area contributed by atoms with Crippen LogP contribution in [0.1, 0.15) is 37.9 Å². The summed E-state index contributed by atoms with van der Waals surface area (Å²) in [5.41, 5.74) is 8.49. The number of aryl methyl sites for hydroxylation is 1. The number of hydrogen-bond acceptors (Lipinski definition) is 2. The normalized spacial score (nSPS) is 14.9. The van der Waals surface area contributed by atoms with Crippen LogP contribution in [-0.2, 0) is 6.42 Å².